The molecule has 1 fully saturated rings. The summed E-state index contributed by atoms with van der Waals surface area (Å²) in [5.41, 5.74) is 0. The molecule has 1 N–H and O–H groups in total. The van der Waals surface area contributed by atoms with Gasteiger partial charge in [-0.3, -0.25) is 4.98 Å². The fraction of sp³-hybridized carbons (Fsp3) is 0.583. The van der Waals surface area contributed by atoms with Gasteiger partial charge in [0.2, 0.25) is 0 Å². The molecular weight excluding hydrogens is 268 g/mol. The molecule has 2 rings (SSSR count). The zero-order valence-corrected chi connectivity index (χ0v) is 11.0. The van der Waals surface area contributed by atoms with Crippen molar-refractivity contribution in [2.75, 3.05) is 7.05 Å². The van der Waals surface area contributed by atoms with E-state index in [1.54, 1.807) is 12.4 Å². The number of rotatable bonds is 3. The summed E-state index contributed by atoms with van der Waals surface area (Å²) < 4.78 is 6.97. The first-order valence-electron chi connectivity index (χ1n) is 5.74. The van der Waals surface area contributed by atoms with Gasteiger partial charge in [0.25, 0.3) is 0 Å². The van der Waals surface area contributed by atoms with Crippen LogP contribution in [0.5, 0.6) is 5.75 Å². The molecule has 1 aliphatic rings. The summed E-state index contributed by atoms with van der Waals surface area (Å²) in [4.78, 5) is 4.03. The van der Waals surface area contributed by atoms with Crippen LogP contribution in [0, 0.1) is 0 Å². The summed E-state index contributed by atoms with van der Waals surface area (Å²) in [6.07, 6.45) is 8.68. The van der Waals surface area contributed by atoms with Crippen molar-refractivity contribution in [3.63, 3.8) is 0 Å². The summed E-state index contributed by atoms with van der Waals surface area (Å²) >= 11 is 3.46. The molecule has 0 bridgehead atoms. The second-order valence-electron chi connectivity index (χ2n) is 4.14. The average Bonchev–Trinajstić information content (AvgIpc) is 2.33. The predicted octanol–water partition coefficient (Wildman–Crippen LogP) is 2.75. The normalized spacial score (nSPS) is 25.4. The van der Waals surface area contributed by atoms with Gasteiger partial charge in [-0.05, 0) is 48.3 Å². The van der Waals surface area contributed by atoms with E-state index in [4.69, 9.17) is 4.74 Å². The molecule has 1 heterocycles. The van der Waals surface area contributed by atoms with Crippen molar-refractivity contribution in [3.8, 4) is 5.75 Å². The van der Waals surface area contributed by atoms with Crippen molar-refractivity contribution < 1.29 is 4.74 Å². The lowest BCUT2D eigenvalue weighted by Crippen LogP contribution is -2.43. The van der Waals surface area contributed by atoms with Crippen LogP contribution < -0.4 is 10.1 Å². The minimum atomic E-state index is 0.275. The summed E-state index contributed by atoms with van der Waals surface area (Å²) in [5, 5.41) is 3.34. The van der Waals surface area contributed by atoms with Gasteiger partial charge in [0, 0.05) is 18.4 Å². The van der Waals surface area contributed by atoms with E-state index >= 15 is 0 Å². The van der Waals surface area contributed by atoms with Crippen LogP contribution in [0.15, 0.2) is 22.9 Å². The van der Waals surface area contributed by atoms with E-state index in [9.17, 15) is 0 Å². The topological polar surface area (TPSA) is 34.1 Å². The molecule has 88 valence electrons. The zero-order valence-electron chi connectivity index (χ0n) is 9.45. The number of halogens is 1. The highest BCUT2D eigenvalue weighted by atomic mass is 79.9. The van der Waals surface area contributed by atoms with Gasteiger partial charge in [0.1, 0.15) is 11.9 Å². The van der Waals surface area contributed by atoms with Gasteiger partial charge in [-0.25, -0.2) is 0 Å². The van der Waals surface area contributed by atoms with Crippen molar-refractivity contribution in [1.29, 1.82) is 0 Å². The highest BCUT2D eigenvalue weighted by molar-refractivity contribution is 9.10. The summed E-state index contributed by atoms with van der Waals surface area (Å²) in [7, 11) is 2.01. The lowest BCUT2D eigenvalue weighted by Gasteiger charge is -2.31. The van der Waals surface area contributed by atoms with Gasteiger partial charge >= 0.3 is 0 Å². The van der Waals surface area contributed by atoms with E-state index in [2.05, 4.69) is 26.2 Å². The van der Waals surface area contributed by atoms with Crippen LogP contribution in [-0.4, -0.2) is 24.2 Å². The third-order valence-electron chi connectivity index (χ3n) is 3.09. The summed E-state index contributed by atoms with van der Waals surface area (Å²) in [6, 6.07) is 2.37. The Morgan fingerprint density at radius 3 is 3.00 bits per heavy atom. The van der Waals surface area contributed by atoms with Crippen LogP contribution in [0.3, 0.4) is 0 Å². The van der Waals surface area contributed by atoms with Crippen LogP contribution in [0.2, 0.25) is 0 Å². The highest BCUT2D eigenvalue weighted by Crippen LogP contribution is 2.28. The van der Waals surface area contributed by atoms with E-state index in [-0.39, 0.29) is 6.10 Å². The number of pyridine rings is 1. The lowest BCUT2D eigenvalue weighted by atomic mass is 9.92. The number of hydrogen-bond donors (Lipinski definition) is 1. The third-order valence-corrected chi connectivity index (χ3v) is 3.68. The summed E-state index contributed by atoms with van der Waals surface area (Å²) in [5.74, 6) is 0.891. The van der Waals surface area contributed by atoms with Crippen molar-refractivity contribution in [1.82, 2.24) is 10.3 Å². The second-order valence-corrected chi connectivity index (χ2v) is 5.00. The number of nitrogens with one attached hydrogen (secondary N) is 1. The monoisotopic (exact) mass is 284 g/mol. The molecule has 0 aromatic carbocycles. The first-order chi connectivity index (χ1) is 7.81. The average molecular weight is 285 g/mol. The molecule has 0 radical (unpaired) electrons. The maximum absolute atomic E-state index is 6.04. The van der Waals surface area contributed by atoms with E-state index in [0.717, 1.165) is 16.6 Å². The van der Waals surface area contributed by atoms with Gasteiger partial charge < -0.3 is 10.1 Å². The van der Waals surface area contributed by atoms with E-state index in [1.807, 2.05) is 13.1 Å². The molecule has 0 spiro atoms. The predicted molar refractivity (Wildman–Crippen MR) is 67.7 cm³/mol. The molecule has 1 aliphatic carbocycles. The molecule has 2 atom stereocenters. The first kappa shape index (κ1) is 11.9. The third kappa shape index (κ3) is 2.74. The smallest absolute Gasteiger partial charge is 0.137 e. The van der Waals surface area contributed by atoms with Crippen LogP contribution in [0.4, 0.5) is 0 Å². The van der Waals surface area contributed by atoms with Gasteiger partial charge in [0.05, 0.1) is 4.47 Å². The lowest BCUT2D eigenvalue weighted by molar-refractivity contribution is 0.117. The molecule has 1 aromatic rings. The Morgan fingerprint density at radius 1 is 1.44 bits per heavy atom. The zero-order chi connectivity index (χ0) is 11.4. The first-order valence-corrected chi connectivity index (χ1v) is 6.54. The minimum Gasteiger partial charge on any atom is -0.488 e. The van der Waals surface area contributed by atoms with Crippen LogP contribution in [-0.2, 0) is 0 Å². The van der Waals surface area contributed by atoms with Gasteiger partial charge in [-0.1, -0.05) is 6.42 Å². The Hall–Kier alpha value is -0.610. The summed E-state index contributed by atoms with van der Waals surface area (Å²) in [6.45, 7) is 0. The molecule has 1 saturated carbocycles. The highest BCUT2D eigenvalue weighted by Gasteiger charge is 2.25. The van der Waals surface area contributed by atoms with Crippen LogP contribution >= 0.6 is 15.9 Å². The minimum absolute atomic E-state index is 0.275. The van der Waals surface area contributed by atoms with Crippen molar-refractivity contribution in [2.45, 2.75) is 37.8 Å². The Morgan fingerprint density at radius 2 is 2.25 bits per heavy atom. The molecule has 3 nitrogen and oxygen atoms in total. The van der Waals surface area contributed by atoms with Gasteiger partial charge in [-0.2, -0.15) is 0 Å². The number of ether oxygens (including phenoxy) is 1. The van der Waals surface area contributed by atoms with Crippen molar-refractivity contribution >= 4 is 15.9 Å². The fourth-order valence-corrected chi connectivity index (χ4v) is 2.53. The quantitative estimate of drug-likeness (QED) is 0.927. The van der Waals surface area contributed by atoms with Crippen molar-refractivity contribution in [3.05, 3.63) is 22.9 Å². The molecule has 0 amide bonds. The fourth-order valence-electron chi connectivity index (χ4n) is 2.19. The largest absolute Gasteiger partial charge is 0.488 e. The Bertz CT molecular complexity index is 346. The maximum Gasteiger partial charge on any atom is 0.137 e. The van der Waals surface area contributed by atoms with Crippen LogP contribution in [0.25, 0.3) is 0 Å². The molecule has 0 saturated heterocycles. The number of aromatic nitrogens is 1. The maximum atomic E-state index is 6.04. The SMILES string of the molecule is CNC1CCCCC1Oc1ccncc1Br. The number of likely N-dealkylation sites (N-methyl/N-ethyl adjacent to an activating group) is 1. The second kappa shape index (κ2) is 5.64. The number of hydrogen-bond acceptors (Lipinski definition) is 3. The molecule has 2 unspecified atom stereocenters. The van der Waals surface area contributed by atoms with E-state index in [1.165, 1.54) is 19.3 Å². The molecule has 1 aromatic heterocycles. The molecule has 16 heavy (non-hydrogen) atoms. The standard InChI is InChI=1S/C12H17BrN2O/c1-14-10-4-2-3-5-12(10)16-11-6-7-15-8-9(11)13/h6-8,10,12,14H,2-5H2,1H3. The Kier molecular flexibility index (Phi) is 4.18. The van der Waals surface area contributed by atoms with Crippen molar-refractivity contribution in [2.24, 2.45) is 0 Å². The van der Waals surface area contributed by atoms with E-state index in [0.29, 0.717) is 6.04 Å². The molecular formula is C12H17BrN2O. The number of nitrogens with zero attached hydrogens (tertiary/aromatic N) is 1. The van der Waals surface area contributed by atoms with Crippen LogP contribution in [0.1, 0.15) is 25.7 Å². The van der Waals surface area contributed by atoms with E-state index < -0.39 is 0 Å². The molecule has 0 aliphatic heterocycles. The Labute approximate surface area is 105 Å². The Balaban J connectivity index is 2.05. The van der Waals surface area contributed by atoms with Gasteiger partial charge in [-0.15, -0.1) is 0 Å². The van der Waals surface area contributed by atoms with Gasteiger partial charge in [0.15, 0.2) is 0 Å². The molecule has 4 heteroatoms.